The van der Waals surface area contributed by atoms with E-state index in [9.17, 15) is 0 Å². The molecule has 4 heteroatoms. The molecule has 0 heterocycles. The number of unbranched alkanes of at least 4 members (excludes halogenated alkanes) is 1. The van der Waals surface area contributed by atoms with Crippen LogP contribution in [0.25, 0.3) is 0 Å². The quantitative estimate of drug-likeness (QED) is 0.325. The summed E-state index contributed by atoms with van der Waals surface area (Å²) in [5.74, 6) is 1.70. The summed E-state index contributed by atoms with van der Waals surface area (Å²) in [6, 6.07) is 19.7. The van der Waals surface area contributed by atoms with Crippen molar-refractivity contribution in [2.45, 2.75) is 25.6 Å². The van der Waals surface area contributed by atoms with E-state index in [1.807, 2.05) is 60.7 Å². The number of rotatable bonds is 9. The molecule has 0 saturated heterocycles. The lowest BCUT2D eigenvalue weighted by atomic mass is 10.2. The van der Waals surface area contributed by atoms with Gasteiger partial charge < -0.3 is 9.47 Å². The molecule has 0 N–H and O–H groups in total. The first-order valence-corrected chi connectivity index (χ1v) is 10.6. The number of ether oxygens (including phenoxy) is 2. The highest BCUT2D eigenvalue weighted by Crippen LogP contribution is 2.23. The highest BCUT2D eigenvalue weighted by atomic mass is 79.9. The Labute approximate surface area is 136 Å². The predicted molar refractivity (Wildman–Crippen MR) is 93.9 cm³/mol. The summed E-state index contributed by atoms with van der Waals surface area (Å²) in [5.41, 5.74) is 0. The summed E-state index contributed by atoms with van der Waals surface area (Å²) < 4.78 is 11.9. The van der Waals surface area contributed by atoms with Crippen molar-refractivity contribution >= 4 is 22.8 Å². The molecule has 0 spiro atoms. The molecule has 0 aliphatic carbocycles. The standard InChI is InChI=1S/C17H20BrO2P/c18-21-14-8-7-13-17(19-15-9-3-1-4-10-15)20-16-11-5-2-6-12-16/h1-6,9-12,17,21H,7-8,13-14H2. The van der Waals surface area contributed by atoms with Crippen LogP contribution >= 0.6 is 22.8 Å². The zero-order valence-electron chi connectivity index (χ0n) is 11.9. The SMILES string of the molecule is BrPCCCCC(Oc1ccccc1)Oc1ccccc1. The lowest BCUT2D eigenvalue weighted by molar-refractivity contribution is -0.00205. The molecule has 0 bridgehead atoms. The average Bonchev–Trinajstić information content (AvgIpc) is 2.53. The van der Waals surface area contributed by atoms with Crippen LogP contribution in [0, 0.1) is 0 Å². The Hall–Kier alpha value is -1.05. The molecule has 2 aromatic rings. The summed E-state index contributed by atoms with van der Waals surface area (Å²) in [5, 5.41) is 0. The van der Waals surface area contributed by atoms with Gasteiger partial charge in [-0.05, 0) is 43.3 Å². The molecule has 0 aliphatic rings. The van der Waals surface area contributed by atoms with Crippen LogP contribution in [0.15, 0.2) is 60.7 Å². The molecule has 112 valence electrons. The van der Waals surface area contributed by atoms with Gasteiger partial charge in [-0.25, -0.2) is 0 Å². The van der Waals surface area contributed by atoms with Gasteiger partial charge in [0.15, 0.2) is 0 Å². The number of para-hydroxylation sites is 2. The summed E-state index contributed by atoms with van der Waals surface area (Å²) in [4.78, 5) is 0. The second-order valence-corrected chi connectivity index (χ2v) is 7.12. The van der Waals surface area contributed by atoms with Crippen LogP contribution in [0.5, 0.6) is 11.5 Å². The van der Waals surface area contributed by atoms with Crippen molar-refractivity contribution in [1.82, 2.24) is 0 Å². The Morgan fingerprint density at radius 3 is 1.81 bits per heavy atom. The van der Waals surface area contributed by atoms with E-state index in [-0.39, 0.29) is 6.29 Å². The molecule has 0 aliphatic heterocycles. The van der Waals surface area contributed by atoms with E-state index >= 15 is 0 Å². The first-order chi connectivity index (χ1) is 10.4. The van der Waals surface area contributed by atoms with Gasteiger partial charge in [-0.3, -0.25) is 0 Å². The summed E-state index contributed by atoms with van der Waals surface area (Å²) >= 11 is 3.49. The van der Waals surface area contributed by atoms with Crippen molar-refractivity contribution in [3.63, 3.8) is 0 Å². The highest BCUT2D eigenvalue weighted by Gasteiger charge is 2.12. The molecule has 2 rings (SSSR count). The lowest BCUT2D eigenvalue weighted by Crippen LogP contribution is -2.24. The smallest absolute Gasteiger partial charge is 0.241 e. The fourth-order valence-corrected chi connectivity index (χ4v) is 3.17. The van der Waals surface area contributed by atoms with E-state index in [1.54, 1.807) is 0 Å². The van der Waals surface area contributed by atoms with Gasteiger partial charge in [0.25, 0.3) is 0 Å². The van der Waals surface area contributed by atoms with Gasteiger partial charge >= 0.3 is 0 Å². The molecule has 21 heavy (non-hydrogen) atoms. The maximum atomic E-state index is 5.97. The molecule has 2 aromatic carbocycles. The fourth-order valence-electron chi connectivity index (χ4n) is 1.95. The Bertz CT molecular complexity index is 451. The summed E-state index contributed by atoms with van der Waals surface area (Å²) in [6.45, 7) is 0. The van der Waals surface area contributed by atoms with Gasteiger partial charge in [0.05, 0.1) is 0 Å². The van der Waals surface area contributed by atoms with Crippen LogP contribution in [-0.2, 0) is 0 Å². The molecule has 0 fully saturated rings. The van der Waals surface area contributed by atoms with Gasteiger partial charge in [0, 0.05) is 6.42 Å². The number of halogens is 1. The molecule has 0 radical (unpaired) electrons. The summed E-state index contributed by atoms with van der Waals surface area (Å²) in [7, 11) is 0.839. The normalized spacial score (nSPS) is 11.1. The van der Waals surface area contributed by atoms with Crippen molar-refractivity contribution in [2.24, 2.45) is 0 Å². The van der Waals surface area contributed by atoms with E-state index in [0.29, 0.717) is 0 Å². The van der Waals surface area contributed by atoms with Crippen molar-refractivity contribution in [3.05, 3.63) is 60.7 Å². The molecular weight excluding hydrogens is 347 g/mol. The molecule has 2 nitrogen and oxygen atoms in total. The van der Waals surface area contributed by atoms with Crippen LogP contribution in [0.4, 0.5) is 0 Å². The first kappa shape index (κ1) is 16.3. The van der Waals surface area contributed by atoms with Crippen molar-refractivity contribution < 1.29 is 9.47 Å². The Morgan fingerprint density at radius 2 is 1.33 bits per heavy atom. The fraction of sp³-hybridized carbons (Fsp3) is 0.294. The third kappa shape index (κ3) is 6.50. The second kappa shape index (κ2) is 9.81. The van der Waals surface area contributed by atoms with Gasteiger partial charge in [-0.2, -0.15) is 0 Å². The maximum Gasteiger partial charge on any atom is 0.241 e. The third-order valence-electron chi connectivity index (χ3n) is 2.98. The van der Waals surface area contributed by atoms with Gasteiger partial charge in [0.1, 0.15) is 11.5 Å². The maximum absolute atomic E-state index is 5.97. The Kier molecular flexibility index (Phi) is 7.62. The van der Waals surface area contributed by atoms with Crippen LogP contribution in [-0.4, -0.2) is 12.5 Å². The first-order valence-electron chi connectivity index (χ1n) is 7.15. The van der Waals surface area contributed by atoms with E-state index < -0.39 is 0 Å². The van der Waals surface area contributed by atoms with E-state index in [4.69, 9.17) is 9.47 Å². The molecule has 1 unspecified atom stereocenters. The minimum atomic E-state index is -0.242. The van der Waals surface area contributed by atoms with E-state index in [0.717, 1.165) is 31.6 Å². The third-order valence-corrected chi connectivity index (χ3v) is 4.71. The number of hydrogen-bond donors (Lipinski definition) is 0. The zero-order chi connectivity index (χ0) is 14.8. The highest BCUT2D eigenvalue weighted by molar-refractivity contribution is 9.36. The Morgan fingerprint density at radius 1 is 0.810 bits per heavy atom. The zero-order valence-corrected chi connectivity index (χ0v) is 14.5. The van der Waals surface area contributed by atoms with Crippen LogP contribution in [0.1, 0.15) is 19.3 Å². The van der Waals surface area contributed by atoms with Crippen molar-refractivity contribution in [3.8, 4) is 11.5 Å². The molecule has 0 saturated carbocycles. The molecule has 0 amide bonds. The van der Waals surface area contributed by atoms with Crippen LogP contribution in [0.2, 0.25) is 0 Å². The van der Waals surface area contributed by atoms with Crippen molar-refractivity contribution in [1.29, 1.82) is 0 Å². The molecule has 0 aromatic heterocycles. The Balaban J connectivity index is 1.93. The topological polar surface area (TPSA) is 18.5 Å². The van der Waals surface area contributed by atoms with Crippen molar-refractivity contribution in [2.75, 3.05) is 6.16 Å². The molecule has 1 atom stereocenters. The molecular formula is C17H20BrO2P. The van der Waals surface area contributed by atoms with E-state index in [2.05, 4.69) is 15.5 Å². The minimum absolute atomic E-state index is 0.242. The predicted octanol–water partition coefficient (Wildman–Crippen LogP) is 5.63. The van der Waals surface area contributed by atoms with E-state index in [1.165, 1.54) is 12.6 Å². The van der Waals surface area contributed by atoms with Gasteiger partial charge in [0.2, 0.25) is 6.29 Å². The largest absolute Gasteiger partial charge is 0.455 e. The number of benzene rings is 2. The average molecular weight is 367 g/mol. The second-order valence-electron chi connectivity index (χ2n) is 4.67. The number of hydrogen-bond acceptors (Lipinski definition) is 2. The monoisotopic (exact) mass is 366 g/mol. The summed E-state index contributed by atoms with van der Waals surface area (Å²) in [6.07, 6.45) is 4.15. The van der Waals surface area contributed by atoms with Gasteiger partial charge in [-0.15, -0.1) is 0 Å². The van der Waals surface area contributed by atoms with Gasteiger partial charge in [-0.1, -0.05) is 59.2 Å². The van der Waals surface area contributed by atoms with Crippen LogP contribution < -0.4 is 9.47 Å². The lowest BCUT2D eigenvalue weighted by Gasteiger charge is -2.20. The minimum Gasteiger partial charge on any atom is -0.455 e. The van der Waals surface area contributed by atoms with Crippen LogP contribution in [0.3, 0.4) is 0 Å².